The maximum absolute atomic E-state index is 5.16. The molecule has 3 aliphatic rings. The van der Waals surface area contributed by atoms with Gasteiger partial charge in [-0.25, -0.2) is 4.98 Å². The van der Waals surface area contributed by atoms with Crippen LogP contribution in [0.3, 0.4) is 0 Å². The van der Waals surface area contributed by atoms with E-state index in [1.165, 1.54) is 22.4 Å². The van der Waals surface area contributed by atoms with Crippen molar-refractivity contribution in [2.24, 2.45) is 4.99 Å². The second kappa shape index (κ2) is 10.9. The number of amidine groups is 1. The van der Waals surface area contributed by atoms with Gasteiger partial charge in [0.1, 0.15) is 11.7 Å². The van der Waals surface area contributed by atoms with Gasteiger partial charge in [0.15, 0.2) is 0 Å². The van der Waals surface area contributed by atoms with Crippen LogP contribution in [0.2, 0.25) is 0 Å². The van der Waals surface area contributed by atoms with Crippen LogP contribution in [-0.2, 0) is 0 Å². The molecule has 5 aromatic rings. The lowest BCUT2D eigenvalue weighted by molar-refractivity contribution is 0.464. The Morgan fingerprint density at radius 3 is 2.16 bits per heavy atom. The number of allylic oxidation sites excluding steroid dienone is 5. The maximum Gasteiger partial charge on any atom is 0.145 e. The normalized spacial score (nSPS) is 18.9. The summed E-state index contributed by atoms with van der Waals surface area (Å²) >= 11 is -0.0575. The Morgan fingerprint density at radius 1 is 0.698 bits per heavy atom. The summed E-state index contributed by atoms with van der Waals surface area (Å²) < 4.78 is 6.97. The van der Waals surface area contributed by atoms with Crippen molar-refractivity contribution in [3.63, 3.8) is 0 Å². The Morgan fingerprint density at radius 2 is 1.40 bits per heavy atom. The third kappa shape index (κ3) is 4.64. The molecule has 0 saturated heterocycles. The highest BCUT2D eigenvalue weighted by atomic mass is 127. The fourth-order valence-electron chi connectivity index (χ4n) is 6.14. The van der Waals surface area contributed by atoms with Crippen LogP contribution in [0.4, 0.5) is 0 Å². The second-order valence-corrected chi connectivity index (χ2v) is 13.0. The monoisotopic (exact) mass is 668 g/mol. The molecule has 0 saturated carbocycles. The second-order valence-electron chi connectivity index (χ2n) is 10.9. The molecule has 4 aromatic carbocycles. The van der Waals surface area contributed by atoms with Crippen LogP contribution in [-0.4, -0.2) is 36.4 Å². The van der Waals surface area contributed by atoms with E-state index >= 15 is 0 Å². The smallest absolute Gasteiger partial charge is 0.145 e. The van der Waals surface area contributed by atoms with Gasteiger partial charge in [0.25, 0.3) is 0 Å². The van der Waals surface area contributed by atoms with Crippen molar-refractivity contribution in [3.8, 4) is 28.2 Å². The van der Waals surface area contributed by atoms with E-state index < -0.39 is 0 Å². The van der Waals surface area contributed by atoms with Gasteiger partial charge in [0.2, 0.25) is 0 Å². The molecule has 2 unspecified atom stereocenters. The van der Waals surface area contributed by atoms with Gasteiger partial charge in [-0.05, 0) is 56.0 Å². The summed E-state index contributed by atoms with van der Waals surface area (Å²) in [5.74, 6) is 2.00. The first kappa shape index (κ1) is 26.0. The molecule has 5 heteroatoms. The van der Waals surface area contributed by atoms with Gasteiger partial charge in [-0.1, -0.05) is 130 Å². The predicted octanol–water partition coefficient (Wildman–Crippen LogP) is 8.78. The summed E-state index contributed by atoms with van der Waals surface area (Å²) in [6.07, 6.45) is 13.2. The minimum Gasteiger partial charge on any atom is -0.316 e. The van der Waals surface area contributed by atoms with Crippen LogP contribution in [0.5, 0.6) is 0 Å². The average molecular weight is 669 g/mol. The molecule has 0 bridgehead atoms. The molecule has 2 atom stereocenters. The molecule has 0 radical (unpaired) electrons. The molecule has 0 spiro atoms. The number of aromatic nitrogens is 2. The van der Waals surface area contributed by atoms with Crippen LogP contribution in [0.1, 0.15) is 11.1 Å². The zero-order valence-corrected chi connectivity index (χ0v) is 25.8. The lowest BCUT2D eigenvalue weighted by Gasteiger charge is -2.30. The van der Waals surface area contributed by atoms with E-state index in [2.05, 4.69) is 158 Å². The molecule has 8 rings (SSSR count). The number of imidazole rings is 1. The van der Waals surface area contributed by atoms with E-state index in [-0.39, 0.29) is 32.8 Å². The van der Waals surface area contributed by atoms with Crippen molar-refractivity contribution >= 4 is 41.6 Å². The summed E-state index contributed by atoms with van der Waals surface area (Å²) in [7, 11) is 0. The number of rotatable bonds is 5. The largest absolute Gasteiger partial charge is 0.316 e. The summed E-state index contributed by atoms with van der Waals surface area (Å²) in [5.41, 5.74) is 10.3. The maximum atomic E-state index is 5.16. The predicted molar refractivity (Wildman–Crippen MR) is 188 cm³/mol. The summed E-state index contributed by atoms with van der Waals surface area (Å²) in [4.78, 5) is 12.6. The molecule has 1 aliphatic carbocycles. The Hall–Kier alpha value is -4.62. The van der Waals surface area contributed by atoms with Crippen molar-refractivity contribution in [2.45, 2.75) is 19.0 Å². The molecule has 43 heavy (non-hydrogen) atoms. The first-order valence-corrected chi connectivity index (χ1v) is 17.0. The fourth-order valence-corrected chi connectivity index (χ4v) is 7.67. The fraction of sp³-hybridized carbons (Fsp3) is 0.0789. The first-order valence-electron chi connectivity index (χ1n) is 14.5. The minimum atomic E-state index is -0.0575. The van der Waals surface area contributed by atoms with Crippen molar-refractivity contribution in [1.29, 1.82) is 0 Å². The SMILES string of the molecule is Cc1ccccc1-n1c(-c2ccc(-c3ccc(C4=NC5C=CC=CC5N4C4=CC=CI=C4)cc3)cc2)nc2ccccc21. The molecule has 0 fully saturated rings. The number of aryl methyl sites for hydroxylation is 1. The van der Waals surface area contributed by atoms with Gasteiger partial charge in [0.05, 0.1) is 28.8 Å². The molecular weight excluding hydrogens is 639 g/mol. The Kier molecular flexibility index (Phi) is 6.60. The van der Waals surface area contributed by atoms with Gasteiger partial charge in [0, 0.05) is 16.8 Å². The Balaban J connectivity index is 1.12. The van der Waals surface area contributed by atoms with E-state index in [4.69, 9.17) is 9.98 Å². The number of benzene rings is 4. The molecule has 1 aromatic heterocycles. The van der Waals surface area contributed by atoms with Crippen molar-refractivity contribution in [3.05, 3.63) is 154 Å². The number of halogens is 1. The van der Waals surface area contributed by atoms with Gasteiger partial charge in [-0.15, -0.1) is 0 Å². The van der Waals surface area contributed by atoms with E-state index in [9.17, 15) is 0 Å². The standard InChI is InChI=1S/C38H29IN4/c1-26-9-2-5-13-34(26)43-36-15-7-4-12-33(36)41-38(43)30-22-18-28(19-23-30)27-16-20-29(21-17-27)37-40-32-11-3-6-14-35(32)42(37)31-10-8-24-39-25-31/h2-25,32,35H,1H3. The number of aliphatic imine (C=N–C) groups is 1. The molecule has 3 heterocycles. The van der Waals surface area contributed by atoms with Gasteiger partial charge >= 0.3 is 0 Å². The zero-order chi connectivity index (χ0) is 28.8. The van der Waals surface area contributed by atoms with Crippen LogP contribution in [0, 0.1) is 6.92 Å². The first-order chi connectivity index (χ1) is 21.2. The van der Waals surface area contributed by atoms with Crippen LogP contribution < -0.4 is 0 Å². The summed E-state index contributed by atoms with van der Waals surface area (Å²) in [5, 5.41) is 0. The third-order valence-corrected chi connectivity index (χ3v) is 10.1. The molecule has 0 N–H and O–H groups in total. The third-order valence-electron chi connectivity index (χ3n) is 8.28. The number of hydrogen-bond donors (Lipinski definition) is 0. The number of nitrogens with zero attached hydrogens (tertiary/aromatic N) is 4. The Bertz CT molecular complexity index is 2040. The summed E-state index contributed by atoms with van der Waals surface area (Å²) in [6.45, 7) is 2.15. The molecule has 0 amide bonds. The van der Waals surface area contributed by atoms with Crippen molar-refractivity contribution < 1.29 is 0 Å². The van der Waals surface area contributed by atoms with Gasteiger partial charge in [-0.3, -0.25) is 9.56 Å². The Labute approximate surface area is 261 Å². The number of hydrogen-bond acceptors (Lipinski definition) is 3. The average Bonchev–Trinajstić information content (AvgIpc) is 3.65. The topological polar surface area (TPSA) is 33.4 Å². The highest BCUT2D eigenvalue weighted by Gasteiger charge is 2.36. The van der Waals surface area contributed by atoms with E-state index in [1.54, 1.807) is 0 Å². The van der Waals surface area contributed by atoms with Crippen molar-refractivity contribution in [1.82, 2.24) is 14.5 Å². The van der Waals surface area contributed by atoms with Gasteiger partial charge < -0.3 is 4.90 Å². The van der Waals surface area contributed by atoms with Crippen LogP contribution in [0.25, 0.3) is 39.2 Å². The number of fused-ring (bicyclic) bond motifs is 2. The molecule has 4 nitrogen and oxygen atoms in total. The lowest BCUT2D eigenvalue weighted by Crippen LogP contribution is -2.38. The van der Waals surface area contributed by atoms with Crippen LogP contribution in [0.15, 0.2) is 148 Å². The quantitative estimate of drug-likeness (QED) is 0.176. The molecule has 208 valence electrons. The molecule has 2 aliphatic heterocycles. The number of para-hydroxylation sites is 3. The van der Waals surface area contributed by atoms with E-state index in [0.717, 1.165) is 39.5 Å². The highest BCUT2D eigenvalue weighted by molar-refractivity contribution is 14.2. The van der Waals surface area contributed by atoms with Gasteiger partial charge in [-0.2, -0.15) is 0 Å². The van der Waals surface area contributed by atoms with E-state index in [1.807, 2.05) is 0 Å². The lowest BCUT2D eigenvalue weighted by atomic mass is 10.0. The highest BCUT2D eigenvalue weighted by Crippen LogP contribution is 2.33. The van der Waals surface area contributed by atoms with Crippen LogP contribution >= 0.6 is 20.7 Å². The van der Waals surface area contributed by atoms with Crippen molar-refractivity contribution in [2.75, 3.05) is 0 Å². The minimum absolute atomic E-state index is 0.0575. The van der Waals surface area contributed by atoms with E-state index in [0.29, 0.717) is 0 Å². The zero-order valence-electron chi connectivity index (χ0n) is 23.7. The molecular formula is C38H29IN4. The summed E-state index contributed by atoms with van der Waals surface area (Å²) in [6, 6.07) is 34.9.